The first-order valence-corrected chi connectivity index (χ1v) is 6.52. The molecule has 0 aromatic rings. The van der Waals surface area contributed by atoms with Crippen molar-refractivity contribution < 1.29 is 4.58 Å². The van der Waals surface area contributed by atoms with E-state index in [4.69, 9.17) is 0 Å². The van der Waals surface area contributed by atoms with Crippen molar-refractivity contribution in [2.45, 2.75) is 66.3 Å². The summed E-state index contributed by atoms with van der Waals surface area (Å²) in [5.74, 6) is 0. The average Bonchev–Trinajstić information content (AvgIpc) is 1.96. The fourth-order valence-electron chi connectivity index (χ4n) is 2.39. The first-order chi connectivity index (χ1) is 7.23. The monoisotopic (exact) mass is 222 g/mol. The highest BCUT2D eigenvalue weighted by atomic mass is 15.1. The van der Waals surface area contributed by atoms with Crippen LogP contribution in [0.15, 0.2) is 12.2 Å². The van der Waals surface area contributed by atoms with Crippen molar-refractivity contribution in [3.8, 4) is 0 Å². The highest BCUT2D eigenvalue weighted by molar-refractivity contribution is 5.85. The molecule has 0 amide bonds. The van der Waals surface area contributed by atoms with Crippen LogP contribution in [-0.4, -0.2) is 22.4 Å². The lowest BCUT2D eigenvalue weighted by Crippen LogP contribution is -2.42. The van der Waals surface area contributed by atoms with Crippen molar-refractivity contribution in [3.63, 3.8) is 0 Å². The van der Waals surface area contributed by atoms with E-state index in [2.05, 4.69) is 58.3 Å². The minimum Gasteiger partial charge on any atom is -0.228 e. The Hall–Kier alpha value is -0.590. The summed E-state index contributed by atoms with van der Waals surface area (Å²) in [5, 5.41) is 0. The van der Waals surface area contributed by atoms with Crippen molar-refractivity contribution in [1.82, 2.24) is 0 Å². The van der Waals surface area contributed by atoms with Gasteiger partial charge in [0.05, 0.1) is 0 Å². The highest BCUT2D eigenvalue weighted by Gasteiger charge is 2.34. The Morgan fingerprint density at radius 2 is 1.62 bits per heavy atom. The predicted molar refractivity (Wildman–Crippen MR) is 72.3 cm³/mol. The van der Waals surface area contributed by atoms with E-state index in [1.54, 1.807) is 5.71 Å². The maximum atomic E-state index is 2.59. The molecular weight excluding hydrogens is 194 g/mol. The van der Waals surface area contributed by atoms with Crippen molar-refractivity contribution in [2.24, 2.45) is 5.41 Å². The number of rotatable bonds is 0. The van der Waals surface area contributed by atoms with Crippen LogP contribution in [0, 0.1) is 5.41 Å². The lowest BCUT2D eigenvalue weighted by Gasteiger charge is -2.28. The minimum absolute atomic E-state index is 0.226. The van der Waals surface area contributed by atoms with Crippen LogP contribution < -0.4 is 0 Å². The van der Waals surface area contributed by atoms with Crippen LogP contribution in [0.1, 0.15) is 60.8 Å². The third-order valence-electron chi connectivity index (χ3n) is 3.24. The van der Waals surface area contributed by atoms with Crippen molar-refractivity contribution >= 4 is 5.71 Å². The lowest BCUT2D eigenvalue weighted by molar-refractivity contribution is -0.592. The van der Waals surface area contributed by atoms with Crippen LogP contribution in [0.4, 0.5) is 0 Å². The van der Waals surface area contributed by atoms with Crippen LogP contribution >= 0.6 is 0 Å². The molecule has 0 spiro atoms. The molecule has 0 aliphatic carbocycles. The quantitative estimate of drug-likeness (QED) is 0.430. The Balaban J connectivity index is 3.19. The number of hydrogen-bond donors (Lipinski definition) is 0. The van der Waals surface area contributed by atoms with Crippen molar-refractivity contribution in [2.75, 3.05) is 6.54 Å². The molecule has 0 aromatic carbocycles. The molecule has 0 unspecified atom stereocenters. The number of hydrogen-bond acceptors (Lipinski definition) is 0. The highest BCUT2D eigenvalue weighted by Crippen LogP contribution is 2.24. The summed E-state index contributed by atoms with van der Waals surface area (Å²) in [7, 11) is 0. The van der Waals surface area contributed by atoms with Gasteiger partial charge in [-0.25, -0.2) is 4.58 Å². The van der Waals surface area contributed by atoms with Gasteiger partial charge >= 0.3 is 0 Å². The molecule has 1 aliphatic heterocycles. The van der Waals surface area contributed by atoms with Crippen LogP contribution in [0.3, 0.4) is 0 Å². The molecule has 0 fully saturated rings. The smallest absolute Gasteiger partial charge is 0.161 e. The molecule has 1 heterocycles. The van der Waals surface area contributed by atoms with Gasteiger partial charge in [-0.2, -0.15) is 0 Å². The summed E-state index contributed by atoms with van der Waals surface area (Å²) >= 11 is 0. The van der Waals surface area contributed by atoms with E-state index in [1.165, 1.54) is 19.3 Å². The predicted octanol–water partition coefficient (Wildman–Crippen LogP) is 4.02. The topological polar surface area (TPSA) is 3.01 Å². The summed E-state index contributed by atoms with van der Waals surface area (Å²) < 4.78 is 2.59. The van der Waals surface area contributed by atoms with E-state index in [9.17, 15) is 0 Å². The molecule has 0 aromatic heterocycles. The fraction of sp³-hybridized carbons (Fsp3) is 0.800. The zero-order chi connectivity index (χ0) is 12.4. The molecule has 0 saturated carbocycles. The summed E-state index contributed by atoms with van der Waals surface area (Å²) in [6.45, 7) is 15.0. The fourth-order valence-corrected chi connectivity index (χ4v) is 2.39. The first-order valence-electron chi connectivity index (χ1n) is 6.52. The SMILES string of the molecule is CC(C)(C)/C1=[N+](\C(C)(C)C)C/C=C\CCC1. The van der Waals surface area contributed by atoms with Crippen LogP contribution in [0.2, 0.25) is 0 Å². The molecule has 0 saturated heterocycles. The largest absolute Gasteiger partial charge is 0.228 e. The zero-order valence-electron chi connectivity index (χ0n) is 11.9. The second-order valence-electron chi connectivity index (χ2n) is 6.84. The summed E-state index contributed by atoms with van der Waals surface area (Å²) in [6, 6.07) is 0. The van der Waals surface area contributed by atoms with Gasteiger partial charge in [-0.1, -0.05) is 26.8 Å². The second-order valence-corrected chi connectivity index (χ2v) is 6.84. The second kappa shape index (κ2) is 4.73. The minimum atomic E-state index is 0.226. The summed E-state index contributed by atoms with van der Waals surface area (Å²) in [5.41, 5.74) is 2.13. The van der Waals surface area contributed by atoms with E-state index in [0.29, 0.717) is 5.41 Å². The zero-order valence-corrected chi connectivity index (χ0v) is 11.9. The van der Waals surface area contributed by atoms with E-state index in [-0.39, 0.29) is 5.54 Å². The molecule has 1 heteroatoms. The Morgan fingerprint density at radius 1 is 1.00 bits per heavy atom. The van der Waals surface area contributed by atoms with E-state index < -0.39 is 0 Å². The average molecular weight is 222 g/mol. The van der Waals surface area contributed by atoms with Gasteiger partial charge < -0.3 is 0 Å². The maximum Gasteiger partial charge on any atom is 0.161 e. The van der Waals surface area contributed by atoms with Gasteiger partial charge in [-0.3, -0.25) is 0 Å². The molecule has 1 aliphatic rings. The van der Waals surface area contributed by atoms with Crippen LogP contribution in [-0.2, 0) is 0 Å². The number of nitrogens with zero attached hydrogens (tertiary/aromatic N) is 1. The first kappa shape index (κ1) is 13.5. The molecule has 1 rings (SSSR count). The molecule has 1 nitrogen and oxygen atoms in total. The molecule has 0 bridgehead atoms. The van der Waals surface area contributed by atoms with Crippen molar-refractivity contribution in [1.29, 1.82) is 0 Å². The van der Waals surface area contributed by atoms with Crippen molar-refractivity contribution in [3.05, 3.63) is 12.2 Å². The van der Waals surface area contributed by atoms with Gasteiger partial charge in [0.25, 0.3) is 0 Å². The van der Waals surface area contributed by atoms with Gasteiger partial charge in [0, 0.05) is 11.8 Å². The Bertz CT molecular complexity index is 294. The molecule has 0 atom stereocenters. The molecule has 16 heavy (non-hydrogen) atoms. The van der Waals surface area contributed by atoms with Crippen LogP contribution in [0.25, 0.3) is 0 Å². The number of allylic oxidation sites excluding steroid dienone is 1. The Morgan fingerprint density at radius 3 is 2.12 bits per heavy atom. The third kappa shape index (κ3) is 3.47. The maximum absolute atomic E-state index is 2.59. The molecular formula is C15H28N+. The lowest BCUT2D eigenvalue weighted by atomic mass is 9.84. The van der Waals surface area contributed by atoms with Gasteiger partial charge in [0.15, 0.2) is 17.8 Å². The third-order valence-corrected chi connectivity index (χ3v) is 3.24. The van der Waals surface area contributed by atoms with Gasteiger partial charge in [-0.15, -0.1) is 0 Å². The van der Waals surface area contributed by atoms with E-state index in [1.807, 2.05) is 0 Å². The molecule has 92 valence electrons. The van der Waals surface area contributed by atoms with Crippen LogP contribution in [0.5, 0.6) is 0 Å². The van der Waals surface area contributed by atoms with Gasteiger partial charge in [0.1, 0.15) is 0 Å². The Kier molecular flexibility index (Phi) is 3.98. The van der Waals surface area contributed by atoms with Gasteiger partial charge in [0.2, 0.25) is 0 Å². The Labute approximate surface area is 101 Å². The standard InChI is InChI=1S/C15H28N/c1-14(2,3)13-11-9-7-8-10-12-16(13)15(4,5)6/h8,10H,7,9,11-12H2,1-6H3/q+1/b10-8-,16-13-. The van der Waals surface area contributed by atoms with E-state index in [0.717, 1.165) is 6.54 Å². The normalized spacial score (nSPS) is 26.1. The van der Waals surface area contributed by atoms with Gasteiger partial charge in [-0.05, 0) is 39.7 Å². The summed E-state index contributed by atoms with van der Waals surface area (Å²) in [4.78, 5) is 0. The van der Waals surface area contributed by atoms with E-state index >= 15 is 0 Å². The molecule has 0 radical (unpaired) electrons. The molecule has 0 N–H and O–H groups in total. The summed E-state index contributed by atoms with van der Waals surface area (Å²) in [6.07, 6.45) is 8.42.